The van der Waals surface area contributed by atoms with E-state index in [1.54, 1.807) is 13.2 Å². The van der Waals surface area contributed by atoms with Crippen LogP contribution in [0.1, 0.15) is 37.8 Å². The molecule has 0 spiro atoms. The Bertz CT molecular complexity index is 510. The van der Waals surface area contributed by atoms with E-state index in [9.17, 15) is 0 Å². The third kappa shape index (κ3) is 4.97. The van der Waals surface area contributed by atoms with Crippen molar-refractivity contribution < 1.29 is 4.74 Å². The molecule has 1 aromatic rings. The van der Waals surface area contributed by atoms with Gasteiger partial charge >= 0.3 is 0 Å². The van der Waals surface area contributed by atoms with Crippen LogP contribution in [0.2, 0.25) is 0 Å². The van der Waals surface area contributed by atoms with Gasteiger partial charge in [-0.15, -0.1) is 0 Å². The van der Waals surface area contributed by atoms with Gasteiger partial charge in [-0.1, -0.05) is 25.0 Å². The number of rotatable bonds is 6. The van der Waals surface area contributed by atoms with E-state index < -0.39 is 0 Å². The summed E-state index contributed by atoms with van der Waals surface area (Å²) in [5.74, 6) is 0.627. The number of hydrogen-bond acceptors (Lipinski definition) is 3. The second kappa shape index (κ2) is 8.10. The molecular weight excluding hydrogens is 236 g/mol. The van der Waals surface area contributed by atoms with Crippen LogP contribution in [0.3, 0.4) is 0 Å². The summed E-state index contributed by atoms with van der Waals surface area (Å²) in [5, 5.41) is 8.93. The van der Waals surface area contributed by atoms with Crippen LogP contribution in [0.15, 0.2) is 35.0 Å². The first kappa shape index (κ1) is 15.0. The summed E-state index contributed by atoms with van der Waals surface area (Å²) in [6.07, 6.45) is 6.76. The normalized spacial score (nSPS) is 11.6. The minimum atomic E-state index is 0.564. The minimum Gasteiger partial charge on any atom is -0.495 e. The molecule has 0 fully saturated rings. The van der Waals surface area contributed by atoms with Crippen LogP contribution in [-0.4, -0.2) is 13.3 Å². The van der Waals surface area contributed by atoms with Crippen LogP contribution in [0.4, 0.5) is 0 Å². The fourth-order valence-corrected chi connectivity index (χ4v) is 1.69. The number of benzene rings is 1. The number of nitrogens with zero attached hydrogens (tertiary/aromatic N) is 2. The fraction of sp³-hybridized carbons (Fsp3) is 0.375. The number of nitriles is 1. The van der Waals surface area contributed by atoms with Crippen LogP contribution in [0.25, 0.3) is 0 Å². The van der Waals surface area contributed by atoms with E-state index in [0.717, 1.165) is 24.8 Å². The number of unbranched alkanes of at least 4 members (excludes halogenated alkanes) is 1. The summed E-state index contributed by atoms with van der Waals surface area (Å²) in [6.45, 7) is 4.18. The van der Waals surface area contributed by atoms with Gasteiger partial charge in [0, 0.05) is 12.4 Å². The van der Waals surface area contributed by atoms with Crippen LogP contribution in [0.5, 0.6) is 5.75 Å². The summed E-state index contributed by atoms with van der Waals surface area (Å²) >= 11 is 0. The van der Waals surface area contributed by atoms with Crippen molar-refractivity contribution in [2.75, 3.05) is 7.11 Å². The fourth-order valence-electron chi connectivity index (χ4n) is 1.69. The predicted octanol–water partition coefficient (Wildman–Crippen LogP) is 3.88. The second-order valence-electron chi connectivity index (χ2n) is 4.42. The molecule has 0 bridgehead atoms. The Kier molecular flexibility index (Phi) is 6.38. The smallest absolute Gasteiger partial charge is 0.136 e. The van der Waals surface area contributed by atoms with Crippen molar-refractivity contribution in [2.24, 2.45) is 4.99 Å². The zero-order valence-corrected chi connectivity index (χ0v) is 11.8. The van der Waals surface area contributed by atoms with Crippen LogP contribution in [0, 0.1) is 11.3 Å². The molecule has 0 amide bonds. The number of hydrogen-bond donors (Lipinski definition) is 0. The van der Waals surface area contributed by atoms with Gasteiger partial charge in [-0.3, -0.25) is 4.99 Å². The molecule has 0 aliphatic rings. The predicted molar refractivity (Wildman–Crippen MR) is 78.6 cm³/mol. The Morgan fingerprint density at radius 1 is 1.47 bits per heavy atom. The molecule has 0 unspecified atom stereocenters. The summed E-state index contributed by atoms with van der Waals surface area (Å²) in [4.78, 5) is 4.26. The van der Waals surface area contributed by atoms with Gasteiger partial charge in [-0.2, -0.15) is 5.26 Å². The lowest BCUT2D eigenvalue weighted by molar-refractivity contribution is 0.413. The molecule has 0 atom stereocenters. The van der Waals surface area contributed by atoms with Gasteiger partial charge < -0.3 is 4.74 Å². The van der Waals surface area contributed by atoms with Crippen molar-refractivity contribution in [1.29, 1.82) is 5.26 Å². The Labute approximate surface area is 115 Å². The third-order valence-corrected chi connectivity index (χ3v) is 2.69. The van der Waals surface area contributed by atoms with Crippen molar-refractivity contribution in [3.05, 3.63) is 41.1 Å². The molecule has 0 N–H and O–H groups in total. The van der Waals surface area contributed by atoms with Crippen molar-refractivity contribution in [1.82, 2.24) is 0 Å². The maximum Gasteiger partial charge on any atom is 0.136 e. The third-order valence-electron chi connectivity index (χ3n) is 2.69. The lowest BCUT2D eigenvalue weighted by atomic mass is 10.0. The Balaban J connectivity index is 2.75. The molecule has 0 aromatic heterocycles. The topological polar surface area (TPSA) is 45.4 Å². The highest BCUT2D eigenvalue weighted by Gasteiger charge is 2.03. The highest BCUT2D eigenvalue weighted by Crippen LogP contribution is 2.20. The molecule has 0 aliphatic heterocycles. The van der Waals surface area contributed by atoms with Crippen LogP contribution in [-0.2, 0) is 6.42 Å². The molecule has 0 saturated carbocycles. The average molecular weight is 256 g/mol. The van der Waals surface area contributed by atoms with Crippen molar-refractivity contribution in [3.63, 3.8) is 0 Å². The summed E-state index contributed by atoms with van der Waals surface area (Å²) < 4.78 is 5.20. The van der Waals surface area contributed by atoms with Crippen LogP contribution < -0.4 is 4.74 Å². The van der Waals surface area contributed by atoms with Crippen molar-refractivity contribution >= 4 is 6.21 Å². The van der Waals surface area contributed by atoms with Gasteiger partial charge in [0.2, 0.25) is 0 Å². The first-order chi connectivity index (χ1) is 9.21. The Morgan fingerprint density at radius 2 is 2.26 bits per heavy atom. The van der Waals surface area contributed by atoms with E-state index >= 15 is 0 Å². The molecule has 0 radical (unpaired) electrons. The van der Waals surface area contributed by atoms with Crippen LogP contribution >= 0.6 is 0 Å². The quantitative estimate of drug-likeness (QED) is 0.725. The summed E-state index contributed by atoms with van der Waals surface area (Å²) in [7, 11) is 1.58. The van der Waals surface area contributed by atoms with Gasteiger partial charge in [-0.25, -0.2) is 0 Å². The maximum absolute atomic E-state index is 8.93. The first-order valence-electron chi connectivity index (χ1n) is 6.45. The molecule has 3 nitrogen and oxygen atoms in total. The number of aliphatic imine (C=N–C) groups is 1. The average Bonchev–Trinajstić information content (AvgIpc) is 2.43. The van der Waals surface area contributed by atoms with Gasteiger partial charge in [0.05, 0.1) is 12.7 Å². The molecule has 0 saturated heterocycles. The molecule has 19 heavy (non-hydrogen) atoms. The molecule has 0 heterocycles. The number of ether oxygens (including phenoxy) is 1. The lowest BCUT2D eigenvalue weighted by Crippen LogP contribution is -1.92. The highest BCUT2D eigenvalue weighted by atomic mass is 16.5. The second-order valence-corrected chi connectivity index (χ2v) is 4.42. The molecule has 1 rings (SSSR count). The molecule has 100 valence electrons. The maximum atomic E-state index is 8.93. The standard InChI is InChI=1S/C16H20N2O/c1-4-5-8-18-12-13(2)9-14-6-7-15(11-17)16(10-14)19-3/h6-8,10,12H,4-5,9H2,1-3H3/b13-12+,18-8?. The van der Waals surface area contributed by atoms with Gasteiger partial charge in [0.1, 0.15) is 11.8 Å². The van der Waals surface area contributed by atoms with Gasteiger partial charge in [-0.05, 0) is 37.5 Å². The minimum absolute atomic E-state index is 0.564. The van der Waals surface area contributed by atoms with E-state index in [0.29, 0.717) is 11.3 Å². The number of allylic oxidation sites excluding steroid dienone is 1. The van der Waals surface area contributed by atoms with Crippen molar-refractivity contribution in [3.8, 4) is 11.8 Å². The van der Waals surface area contributed by atoms with E-state index in [4.69, 9.17) is 10.00 Å². The highest BCUT2D eigenvalue weighted by molar-refractivity contribution is 5.58. The first-order valence-corrected chi connectivity index (χ1v) is 6.45. The van der Waals surface area contributed by atoms with Gasteiger partial charge in [0.15, 0.2) is 0 Å². The van der Waals surface area contributed by atoms with Gasteiger partial charge in [0.25, 0.3) is 0 Å². The van der Waals surface area contributed by atoms with E-state index in [1.807, 2.05) is 31.5 Å². The van der Waals surface area contributed by atoms with E-state index in [2.05, 4.69) is 18.0 Å². The molecular formula is C16H20N2O. The van der Waals surface area contributed by atoms with Crippen molar-refractivity contribution in [2.45, 2.75) is 33.1 Å². The largest absolute Gasteiger partial charge is 0.495 e. The molecule has 0 aliphatic carbocycles. The number of methoxy groups -OCH3 is 1. The Morgan fingerprint density at radius 3 is 2.89 bits per heavy atom. The monoisotopic (exact) mass is 256 g/mol. The molecule has 1 aromatic carbocycles. The Hall–Kier alpha value is -2.08. The SMILES string of the molecule is CCCC=N/C=C(\C)Cc1ccc(C#N)c(OC)c1. The van der Waals surface area contributed by atoms with E-state index in [-0.39, 0.29) is 0 Å². The zero-order chi connectivity index (χ0) is 14.1. The zero-order valence-electron chi connectivity index (χ0n) is 11.8. The van der Waals surface area contributed by atoms with E-state index in [1.165, 1.54) is 5.57 Å². The lowest BCUT2D eigenvalue weighted by Gasteiger charge is -2.06. The summed E-state index contributed by atoms with van der Waals surface area (Å²) in [5.41, 5.74) is 2.86. The molecule has 3 heteroatoms. The summed E-state index contributed by atoms with van der Waals surface area (Å²) in [6, 6.07) is 7.77.